The molecule has 1 aliphatic rings. The molecule has 0 saturated carbocycles. The quantitative estimate of drug-likeness (QED) is 0.894. The minimum absolute atomic E-state index is 0.191. The van der Waals surface area contributed by atoms with Crippen molar-refractivity contribution in [3.8, 4) is 0 Å². The van der Waals surface area contributed by atoms with E-state index >= 15 is 0 Å². The Labute approximate surface area is 152 Å². The number of carbonyl (C=O) groups is 2. The van der Waals surface area contributed by atoms with Gasteiger partial charge in [-0.15, -0.1) is 0 Å². The van der Waals surface area contributed by atoms with E-state index in [1.807, 2.05) is 24.3 Å². The van der Waals surface area contributed by atoms with Crippen LogP contribution < -0.4 is 0 Å². The minimum atomic E-state index is -0.992. The molecule has 0 aromatic heterocycles. The lowest BCUT2D eigenvalue weighted by Gasteiger charge is -2.36. The average Bonchev–Trinajstić information content (AvgIpc) is 2.65. The molecule has 1 heterocycles. The van der Waals surface area contributed by atoms with Crippen LogP contribution in [0.25, 0.3) is 0 Å². The fourth-order valence-electron chi connectivity index (χ4n) is 3.45. The number of carboxylic acids is 1. The van der Waals surface area contributed by atoms with E-state index in [1.54, 1.807) is 25.1 Å². The Kier molecular flexibility index (Phi) is 5.35. The summed E-state index contributed by atoms with van der Waals surface area (Å²) < 4.78 is 13.8. The first-order valence-electron chi connectivity index (χ1n) is 8.81. The number of hydrogen-bond acceptors (Lipinski definition) is 2. The molecule has 0 aliphatic carbocycles. The van der Waals surface area contributed by atoms with Gasteiger partial charge in [-0.05, 0) is 35.6 Å². The maximum absolute atomic E-state index is 13.8. The highest BCUT2D eigenvalue weighted by Gasteiger charge is 2.36. The van der Waals surface area contributed by atoms with Gasteiger partial charge in [-0.3, -0.25) is 4.79 Å². The fourth-order valence-corrected chi connectivity index (χ4v) is 3.45. The SMILES string of the molecule is CC(CCc1ccccc1F)C(=O)N1Cc2ccccc2CC1C(=O)O. The molecule has 3 rings (SSSR count). The molecule has 2 aromatic carbocycles. The third-order valence-electron chi connectivity index (χ3n) is 5.04. The van der Waals surface area contributed by atoms with Crippen molar-refractivity contribution >= 4 is 11.9 Å². The number of rotatable bonds is 5. The maximum atomic E-state index is 13.8. The highest BCUT2D eigenvalue weighted by atomic mass is 19.1. The van der Waals surface area contributed by atoms with Crippen LogP contribution in [0, 0.1) is 11.7 Å². The summed E-state index contributed by atoms with van der Waals surface area (Å²) in [5.41, 5.74) is 2.54. The first-order chi connectivity index (χ1) is 12.5. The van der Waals surface area contributed by atoms with Crippen LogP contribution in [-0.2, 0) is 29.0 Å². The van der Waals surface area contributed by atoms with Crippen molar-refractivity contribution < 1.29 is 19.1 Å². The zero-order valence-corrected chi connectivity index (χ0v) is 14.7. The molecule has 0 saturated heterocycles. The maximum Gasteiger partial charge on any atom is 0.326 e. The minimum Gasteiger partial charge on any atom is -0.480 e. The molecule has 1 N–H and O–H groups in total. The number of nitrogens with zero attached hydrogens (tertiary/aromatic N) is 1. The molecule has 26 heavy (non-hydrogen) atoms. The molecular formula is C21H22FNO3. The molecule has 2 unspecified atom stereocenters. The highest BCUT2D eigenvalue weighted by Crippen LogP contribution is 2.26. The monoisotopic (exact) mass is 355 g/mol. The highest BCUT2D eigenvalue weighted by molar-refractivity contribution is 5.85. The van der Waals surface area contributed by atoms with Gasteiger partial charge in [0, 0.05) is 18.9 Å². The Morgan fingerprint density at radius 3 is 2.50 bits per heavy atom. The van der Waals surface area contributed by atoms with Gasteiger partial charge in [-0.25, -0.2) is 9.18 Å². The number of halogens is 1. The number of aliphatic carboxylic acids is 1. The summed E-state index contributed by atoms with van der Waals surface area (Å²) in [6, 6.07) is 13.3. The Morgan fingerprint density at radius 1 is 1.15 bits per heavy atom. The van der Waals surface area contributed by atoms with Gasteiger partial charge in [0.05, 0.1) is 0 Å². The van der Waals surface area contributed by atoms with Gasteiger partial charge in [0.25, 0.3) is 0 Å². The van der Waals surface area contributed by atoms with E-state index in [0.717, 1.165) is 11.1 Å². The molecule has 0 spiro atoms. The van der Waals surface area contributed by atoms with Gasteiger partial charge >= 0.3 is 5.97 Å². The topological polar surface area (TPSA) is 57.6 Å². The number of carboxylic acid groups (broad SMARTS) is 1. The second kappa shape index (κ2) is 7.68. The number of fused-ring (bicyclic) bond motifs is 1. The van der Waals surface area contributed by atoms with Crippen molar-refractivity contribution in [3.63, 3.8) is 0 Å². The fraction of sp³-hybridized carbons (Fsp3) is 0.333. The van der Waals surface area contributed by atoms with Crippen molar-refractivity contribution in [2.45, 2.75) is 38.8 Å². The zero-order chi connectivity index (χ0) is 18.7. The lowest BCUT2D eigenvalue weighted by molar-refractivity contribution is -0.153. The van der Waals surface area contributed by atoms with Crippen LogP contribution in [0.2, 0.25) is 0 Å². The Hall–Kier alpha value is -2.69. The van der Waals surface area contributed by atoms with Crippen LogP contribution in [0.3, 0.4) is 0 Å². The summed E-state index contributed by atoms with van der Waals surface area (Å²) in [5, 5.41) is 9.57. The van der Waals surface area contributed by atoms with Gasteiger partial charge in [0.2, 0.25) is 5.91 Å². The normalized spacial score (nSPS) is 17.5. The van der Waals surface area contributed by atoms with Crippen molar-refractivity contribution in [2.24, 2.45) is 5.92 Å². The summed E-state index contributed by atoms with van der Waals surface area (Å²) in [6.45, 7) is 2.08. The Bertz CT molecular complexity index is 820. The zero-order valence-electron chi connectivity index (χ0n) is 14.7. The standard InChI is InChI=1S/C21H22FNO3/c1-14(10-11-15-6-4-5-9-18(15)22)20(24)23-13-17-8-3-2-7-16(17)12-19(23)21(25)26/h2-9,14,19H,10-13H2,1H3,(H,25,26). The smallest absolute Gasteiger partial charge is 0.326 e. The summed E-state index contributed by atoms with van der Waals surface area (Å²) in [4.78, 5) is 26.0. The molecule has 2 atom stereocenters. The predicted molar refractivity (Wildman–Crippen MR) is 96.0 cm³/mol. The van der Waals surface area contributed by atoms with Crippen LogP contribution in [0.4, 0.5) is 4.39 Å². The molecule has 1 amide bonds. The van der Waals surface area contributed by atoms with Crippen LogP contribution in [0.15, 0.2) is 48.5 Å². The van der Waals surface area contributed by atoms with E-state index in [1.165, 1.54) is 11.0 Å². The number of carbonyl (C=O) groups excluding carboxylic acids is 1. The largest absolute Gasteiger partial charge is 0.480 e. The van der Waals surface area contributed by atoms with E-state index in [2.05, 4.69) is 0 Å². The summed E-state index contributed by atoms with van der Waals surface area (Å²) in [5.74, 6) is -1.83. The van der Waals surface area contributed by atoms with Crippen molar-refractivity contribution in [1.29, 1.82) is 0 Å². The molecule has 1 aliphatic heterocycles. The van der Waals surface area contributed by atoms with E-state index in [-0.39, 0.29) is 17.6 Å². The van der Waals surface area contributed by atoms with Crippen molar-refractivity contribution in [3.05, 3.63) is 71.0 Å². The number of aryl methyl sites for hydroxylation is 1. The van der Waals surface area contributed by atoms with Crippen LogP contribution >= 0.6 is 0 Å². The summed E-state index contributed by atoms with van der Waals surface area (Å²) in [6.07, 6.45) is 1.24. The van der Waals surface area contributed by atoms with Gasteiger partial charge in [-0.1, -0.05) is 49.4 Å². The lowest BCUT2D eigenvalue weighted by atomic mass is 9.91. The van der Waals surface area contributed by atoms with Crippen molar-refractivity contribution in [1.82, 2.24) is 4.90 Å². The second-order valence-electron chi connectivity index (χ2n) is 6.82. The number of hydrogen-bond donors (Lipinski definition) is 1. The Morgan fingerprint density at radius 2 is 1.81 bits per heavy atom. The molecular weight excluding hydrogens is 333 g/mol. The number of benzene rings is 2. The molecule has 0 radical (unpaired) electrons. The van der Waals surface area contributed by atoms with Crippen LogP contribution in [0.5, 0.6) is 0 Å². The molecule has 0 fully saturated rings. The third kappa shape index (κ3) is 3.77. The first-order valence-corrected chi connectivity index (χ1v) is 8.81. The van der Waals surface area contributed by atoms with E-state index in [9.17, 15) is 19.1 Å². The Balaban J connectivity index is 1.72. The molecule has 5 heteroatoms. The average molecular weight is 355 g/mol. The third-order valence-corrected chi connectivity index (χ3v) is 5.04. The van der Waals surface area contributed by atoms with Crippen LogP contribution in [0.1, 0.15) is 30.0 Å². The molecule has 2 aromatic rings. The first kappa shape index (κ1) is 18.1. The molecule has 136 valence electrons. The summed E-state index contributed by atoms with van der Waals surface area (Å²) >= 11 is 0. The van der Waals surface area contributed by atoms with E-state index in [4.69, 9.17) is 0 Å². The lowest BCUT2D eigenvalue weighted by Crippen LogP contribution is -2.50. The van der Waals surface area contributed by atoms with E-state index < -0.39 is 12.0 Å². The van der Waals surface area contributed by atoms with Crippen LogP contribution in [-0.4, -0.2) is 27.9 Å². The van der Waals surface area contributed by atoms with Crippen molar-refractivity contribution in [2.75, 3.05) is 0 Å². The van der Waals surface area contributed by atoms with E-state index in [0.29, 0.717) is 31.4 Å². The summed E-state index contributed by atoms with van der Waals surface area (Å²) in [7, 11) is 0. The van der Waals surface area contributed by atoms with Gasteiger partial charge < -0.3 is 10.0 Å². The predicted octanol–water partition coefficient (Wildman–Crippen LogP) is 3.43. The second-order valence-corrected chi connectivity index (χ2v) is 6.82. The van der Waals surface area contributed by atoms with Gasteiger partial charge in [0.15, 0.2) is 0 Å². The number of amides is 1. The molecule has 0 bridgehead atoms. The molecule has 4 nitrogen and oxygen atoms in total. The van der Waals surface area contributed by atoms with Gasteiger partial charge in [-0.2, -0.15) is 0 Å². The van der Waals surface area contributed by atoms with Gasteiger partial charge in [0.1, 0.15) is 11.9 Å².